The van der Waals surface area contributed by atoms with E-state index in [1.807, 2.05) is 24.3 Å². The lowest BCUT2D eigenvalue weighted by Gasteiger charge is -2.42. The molecule has 144 valence electrons. The quantitative estimate of drug-likeness (QED) is 0.878. The van der Waals surface area contributed by atoms with Gasteiger partial charge in [0.15, 0.2) is 0 Å². The first-order chi connectivity index (χ1) is 13.1. The maximum Gasteiger partial charge on any atom is 0.247 e. The van der Waals surface area contributed by atoms with E-state index in [1.54, 1.807) is 7.05 Å². The van der Waals surface area contributed by atoms with Gasteiger partial charge < -0.3 is 5.32 Å². The summed E-state index contributed by atoms with van der Waals surface area (Å²) < 4.78 is 0. The number of carbonyl (C=O) groups excluding carboxylic acids is 2. The highest BCUT2D eigenvalue weighted by Crippen LogP contribution is 2.61. The lowest BCUT2D eigenvalue weighted by molar-refractivity contribution is -0.128. The smallest absolute Gasteiger partial charge is 0.247 e. The van der Waals surface area contributed by atoms with Crippen LogP contribution in [0.5, 0.6) is 0 Å². The van der Waals surface area contributed by atoms with Gasteiger partial charge in [-0.05, 0) is 49.1 Å². The van der Waals surface area contributed by atoms with E-state index >= 15 is 0 Å². The first-order valence-corrected chi connectivity index (χ1v) is 10.5. The van der Waals surface area contributed by atoms with Crippen molar-refractivity contribution < 1.29 is 11.0 Å². The molecule has 4 nitrogen and oxygen atoms in total. The molecule has 4 aliphatic rings. The Hall–Kier alpha value is -1.94. The van der Waals surface area contributed by atoms with Crippen LogP contribution in [0.4, 0.5) is 0 Å². The highest BCUT2D eigenvalue weighted by molar-refractivity contribution is 6.18. The van der Waals surface area contributed by atoms with Gasteiger partial charge in [0.1, 0.15) is 5.78 Å². The van der Waals surface area contributed by atoms with Crippen LogP contribution in [0.1, 0.15) is 40.0 Å². The Kier molecular flexibility index (Phi) is 4.01. The van der Waals surface area contributed by atoms with Crippen molar-refractivity contribution in [1.29, 1.82) is 0 Å². The van der Waals surface area contributed by atoms with Crippen molar-refractivity contribution in [3.05, 3.63) is 34.7 Å². The average Bonchev–Trinajstić information content (AvgIpc) is 3.38. The fourth-order valence-corrected chi connectivity index (χ4v) is 5.57. The molecule has 0 radical (unpaired) electrons. The number of benzene rings is 1. The summed E-state index contributed by atoms with van der Waals surface area (Å²) in [6, 6.07) is 8.74. The standard InChI is InChI=1S/C23H28N2O2.H2/c1-24-22(27)20-18-10-3-2-6-15(18)12-23(13-19(20)23)21(26)16-7-5-11-25(14-16)17-8-4-9-17;/h2-3,6,10,12,16-17,19H,4-5,7-9,11,13-14H2,1H3,(H,24,27);1H. The zero-order valence-electron chi connectivity index (χ0n) is 16.0. The topological polar surface area (TPSA) is 49.4 Å². The number of piperidine rings is 1. The number of fused-ring (bicyclic) bond motifs is 2. The van der Waals surface area contributed by atoms with E-state index in [1.165, 1.54) is 19.3 Å². The van der Waals surface area contributed by atoms with Crippen LogP contribution in [0.25, 0.3) is 11.6 Å². The number of amides is 1. The van der Waals surface area contributed by atoms with Crippen LogP contribution in [0.2, 0.25) is 0 Å². The summed E-state index contributed by atoms with van der Waals surface area (Å²) in [5.74, 6) is 0.526. The number of likely N-dealkylation sites (tertiary alicyclic amines) is 1. The van der Waals surface area contributed by atoms with Gasteiger partial charge in [-0.15, -0.1) is 0 Å². The Morgan fingerprint density at radius 2 is 2.00 bits per heavy atom. The monoisotopic (exact) mass is 366 g/mol. The molecule has 4 heteroatoms. The van der Waals surface area contributed by atoms with E-state index < -0.39 is 5.41 Å². The Bertz CT molecular complexity index is 923. The number of rotatable bonds is 4. The zero-order valence-corrected chi connectivity index (χ0v) is 16.0. The molecule has 3 atom stereocenters. The second-order valence-electron chi connectivity index (χ2n) is 8.80. The molecule has 1 amide bonds. The van der Waals surface area contributed by atoms with Gasteiger partial charge in [-0.25, -0.2) is 0 Å². The molecule has 1 saturated heterocycles. The second kappa shape index (κ2) is 6.30. The second-order valence-corrected chi connectivity index (χ2v) is 8.80. The van der Waals surface area contributed by atoms with Gasteiger partial charge in [-0.1, -0.05) is 36.8 Å². The number of carbonyl (C=O) groups is 2. The van der Waals surface area contributed by atoms with Crippen LogP contribution in [0, 0.1) is 17.3 Å². The van der Waals surface area contributed by atoms with Crippen LogP contribution in [0.15, 0.2) is 24.3 Å². The number of nitrogens with one attached hydrogen (secondary N) is 1. The molecular weight excluding hydrogens is 336 g/mol. The number of ketones is 1. The number of Topliss-reactive ketones (excluding diaryl/α,β-unsaturated/α-hetero) is 1. The Labute approximate surface area is 161 Å². The summed E-state index contributed by atoms with van der Waals surface area (Å²) in [6.45, 7) is 2.07. The normalized spacial score (nSPS) is 32.6. The zero-order chi connectivity index (χ0) is 18.6. The van der Waals surface area contributed by atoms with Gasteiger partial charge in [0, 0.05) is 38.5 Å². The first kappa shape index (κ1) is 17.2. The molecule has 5 rings (SSSR count). The van der Waals surface area contributed by atoms with Crippen LogP contribution in [0.3, 0.4) is 0 Å². The van der Waals surface area contributed by atoms with Crippen molar-refractivity contribution in [2.24, 2.45) is 17.3 Å². The van der Waals surface area contributed by atoms with Gasteiger partial charge in [0.25, 0.3) is 0 Å². The maximum atomic E-state index is 13.7. The van der Waals surface area contributed by atoms with Gasteiger partial charge in [-0.2, -0.15) is 0 Å². The van der Waals surface area contributed by atoms with E-state index in [2.05, 4.69) is 16.3 Å². The summed E-state index contributed by atoms with van der Waals surface area (Å²) in [5, 5.41) is 4.84. The third-order valence-electron chi connectivity index (χ3n) is 7.36. The van der Waals surface area contributed by atoms with Crippen molar-refractivity contribution in [1.82, 2.24) is 10.2 Å². The fraction of sp³-hybridized carbons (Fsp3) is 0.565. The molecule has 3 fully saturated rings. The van der Waals surface area contributed by atoms with E-state index in [-0.39, 0.29) is 19.2 Å². The van der Waals surface area contributed by atoms with Gasteiger partial charge in [-0.3, -0.25) is 14.5 Å². The molecule has 1 aromatic carbocycles. The summed E-state index contributed by atoms with van der Waals surface area (Å²) in [7, 11) is 1.68. The van der Waals surface area contributed by atoms with Crippen LogP contribution in [-0.4, -0.2) is 42.8 Å². The Morgan fingerprint density at radius 3 is 2.74 bits per heavy atom. The molecule has 1 N–H and O–H groups in total. The number of hydrogen-bond acceptors (Lipinski definition) is 3. The summed E-state index contributed by atoms with van der Waals surface area (Å²) >= 11 is 0. The molecule has 0 aromatic heterocycles. The minimum Gasteiger partial charge on any atom is -0.355 e. The van der Waals surface area contributed by atoms with Crippen LogP contribution in [-0.2, 0) is 9.59 Å². The number of nitrogens with zero attached hydrogens (tertiary/aromatic N) is 1. The van der Waals surface area contributed by atoms with Crippen molar-refractivity contribution in [3.63, 3.8) is 0 Å². The van der Waals surface area contributed by atoms with Gasteiger partial charge in [0.05, 0.1) is 5.41 Å². The molecule has 2 saturated carbocycles. The van der Waals surface area contributed by atoms with E-state index in [4.69, 9.17) is 0 Å². The van der Waals surface area contributed by atoms with Crippen LogP contribution >= 0.6 is 0 Å². The highest BCUT2D eigenvalue weighted by Gasteiger charge is 2.62. The van der Waals surface area contributed by atoms with Gasteiger partial charge in [0.2, 0.25) is 5.91 Å². The molecule has 0 spiro atoms. The van der Waals surface area contributed by atoms with Crippen molar-refractivity contribution >= 4 is 23.3 Å². The first-order valence-electron chi connectivity index (χ1n) is 10.5. The molecule has 27 heavy (non-hydrogen) atoms. The lowest BCUT2D eigenvalue weighted by atomic mass is 9.78. The van der Waals surface area contributed by atoms with Crippen molar-refractivity contribution in [2.75, 3.05) is 20.1 Å². The van der Waals surface area contributed by atoms with Crippen molar-refractivity contribution in [3.8, 4) is 0 Å². The molecular formula is C23H30N2O2. The molecule has 1 aromatic rings. The highest BCUT2D eigenvalue weighted by atomic mass is 16.2. The minimum atomic E-state index is -0.441. The van der Waals surface area contributed by atoms with Crippen LogP contribution < -0.4 is 15.8 Å². The molecule has 3 aliphatic carbocycles. The molecule has 3 unspecified atom stereocenters. The maximum absolute atomic E-state index is 13.7. The summed E-state index contributed by atoms with van der Waals surface area (Å²) in [4.78, 5) is 28.8. The Morgan fingerprint density at radius 1 is 1.19 bits per heavy atom. The SMILES string of the molecule is CNC(=O)C1=c2ccccc2=CC2(C(=O)C3CCCN(C4CCC4)C3)CC12.[HH]. The largest absolute Gasteiger partial charge is 0.355 e. The lowest BCUT2D eigenvalue weighted by Crippen LogP contribution is -2.49. The summed E-state index contributed by atoms with van der Waals surface area (Å²) in [6.07, 6.45) is 9.02. The fourth-order valence-electron chi connectivity index (χ4n) is 5.57. The van der Waals surface area contributed by atoms with Crippen molar-refractivity contribution in [2.45, 2.75) is 44.6 Å². The predicted molar refractivity (Wildman–Crippen MR) is 107 cm³/mol. The summed E-state index contributed by atoms with van der Waals surface area (Å²) in [5.41, 5.74) is 0.374. The molecule has 0 bridgehead atoms. The Balaban J connectivity index is 0.00000192. The third kappa shape index (κ3) is 2.60. The van der Waals surface area contributed by atoms with E-state index in [0.717, 1.165) is 48.4 Å². The van der Waals surface area contributed by atoms with Gasteiger partial charge >= 0.3 is 0 Å². The minimum absolute atomic E-state index is 0. The average molecular weight is 367 g/mol. The molecule has 1 heterocycles. The third-order valence-corrected chi connectivity index (χ3v) is 7.36. The molecule has 1 aliphatic heterocycles. The van der Waals surface area contributed by atoms with E-state index in [9.17, 15) is 9.59 Å². The van der Waals surface area contributed by atoms with E-state index in [0.29, 0.717) is 11.8 Å². The predicted octanol–water partition coefficient (Wildman–Crippen LogP) is 1.46. The number of hydrogen-bond donors (Lipinski definition) is 1.